The third-order valence-corrected chi connectivity index (χ3v) is 2.53. The first kappa shape index (κ1) is 15.9. The van der Waals surface area contributed by atoms with Crippen molar-refractivity contribution in [3.05, 3.63) is 29.8 Å². The van der Waals surface area contributed by atoms with E-state index < -0.39 is 18.5 Å². The molecule has 0 aliphatic carbocycles. The lowest BCUT2D eigenvalue weighted by atomic mass is 10.2. The van der Waals surface area contributed by atoms with E-state index in [1.807, 2.05) is 0 Å². The van der Waals surface area contributed by atoms with Crippen LogP contribution < -0.4 is 4.74 Å². The van der Waals surface area contributed by atoms with Crippen molar-refractivity contribution in [3.8, 4) is 5.75 Å². The first-order chi connectivity index (χ1) is 9.43. The summed E-state index contributed by atoms with van der Waals surface area (Å²) < 4.78 is 32.9. The highest BCUT2D eigenvalue weighted by molar-refractivity contribution is 5.94. The van der Waals surface area contributed by atoms with Gasteiger partial charge in [-0.3, -0.25) is 9.59 Å². The van der Waals surface area contributed by atoms with Crippen LogP contribution in [-0.4, -0.2) is 44.1 Å². The maximum atomic E-state index is 12.1. The zero-order chi connectivity index (χ0) is 15.1. The van der Waals surface area contributed by atoms with Crippen molar-refractivity contribution >= 4 is 11.9 Å². The van der Waals surface area contributed by atoms with E-state index in [0.717, 1.165) is 0 Å². The number of rotatable bonds is 6. The minimum absolute atomic E-state index is 0.0615. The summed E-state index contributed by atoms with van der Waals surface area (Å²) in [7, 11) is 2.77. The molecule has 110 valence electrons. The number of hydrogen-bond acceptors (Lipinski definition) is 4. The summed E-state index contributed by atoms with van der Waals surface area (Å²) in [6.07, 6.45) is 0.0615. The minimum Gasteiger partial charge on any atom is -0.469 e. The molecule has 0 heterocycles. The Morgan fingerprint density at radius 1 is 1.35 bits per heavy atom. The maximum absolute atomic E-state index is 12.1. The molecule has 7 heteroatoms. The number of ether oxygens (including phenoxy) is 2. The highest BCUT2D eigenvalue weighted by Crippen LogP contribution is 2.17. The quantitative estimate of drug-likeness (QED) is 0.750. The van der Waals surface area contributed by atoms with Gasteiger partial charge in [-0.2, -0.15) is 8.78 Å². The summed E-state index contributed by atoms with van der Waals surface area (Å²) >= 11 is 0. The smallest absolute Gasteiger partial charge is 0.387 e. The Morgan fingerprint density at radius 2 is 2.05 bits per heavy atom. The van der Waals surface area contributed by atoms with E-state index in [-0.39, 0.29) is 24.3 Å². The standard InChI is InChI=1S/C13H15F2NO4/c1-16(7-6-11(17)19-2)12(18)9-4-3-5-10(8-9)20-13(14)15/h3-5,8,13H,6-7H2,1-2H3. The number of methoxy groups -OCH3 is 1. The Bertz CT molecular complexity index is 479. The van der Waals surface area contributed by atoms with Gasteiger partial charge in [-0.1, -0.05) is 6.07 Å². The van der Waals surface area contributed by atoms with Gasteiger partial charge >= 0.3 is 12.6 Å². The number of nitrogens with zero attached hydrogens (tertiary/aromatic N) is 1. The van der Waals surface area contributed by atoms with E-state index in [0.29, 0.717) is 0 Å². The number of esters is 1. The van der Waals surface area contributed by atoms with Crippen LogP contribution in [0.1, 0.15) is 16.8 Å². The molecule has 0 saturated carbocycles. The van der Waals surface area contributed by atoms with Crippen molar-refractivity contribution in [2.24, 2.45) is 0 Å². The van der Waals surface area contributed by atoms with Crippen LogP contribution in [0.5, 0.6) is 5.75 Å². The third-order valence-electron chi connectivity index (χ3n) is 2.53. The lowest BCUT2D eigenvalue weighted by Gasteiger charge is -2.17. The van der Waals surface area contributed by atoms with Crippen LogP contribution in [0.25, 0.3) is 0 Å². The molecule has 0 aromatic heterocycles. The molecule has 5 nitrogen and oxygen atoms in total. The van der Waals surface area contributed by atoms with Crippen LogP contribution in [-0.2, 0) is 9.53 Å². The predicted molar refractivity (Wildman–Crippen MR) is 66.7 cm³/mol. The van der Waals surface area contributed by atoms with Gasteiger partial charge in [0.15, 0.2) is 0 Å². The van der Waals surface area contributed by atoms with Crippen LogP contribution in [0, 0.1) is 0 Å². The molecule has 1 aromatic rings. The maximum Gasteiger partial charge on any atom is 0.387 e. The number of benzene rings is 1. The fraction of sp³-hybridized carbons (Fsp3) is 0.385. The summed E-state index contributed by atoms with van der Waals surface area (Å²) in [4.78, 5) is 24.3. The molecule has 1 rings (SSSR count). The van der Waals surface area contributed by atoms with Crippen LogP contribution in [0.2, 0.25) is 0 Å². The molecule has 0 fully saturated rings. The molecule has 20 heavy (non-hydrogen) atoms. The highest BCUT2D eigenvalue weighted by Gasteiger charge is 2.14. The fourth-order valence-electron chi connectivity index (χ4n) is 1.49. The molecule has 1 amide bonds. The molecule has 0 radical (unpaired) electrons. The SMILES string of the molecule is COC(=O)CCN(C)C(=O)c1cccc(OC(F)F)c1. The molecule has 0 atom stereocenters. The van der Waals surface area contributed by atoms with E-state index >= 15 is 0 Å². The van der Waals surface area contributed by atoms with Crippen LogP contribution >= 0.6 is 0 Å². The fourth-order valence-corrected chi connectivity index (χ4v) is 1.49. The molecule has 0 aliphatic rings. The summed E-state index contributed by atoms with van der Waals surface area (Å²) in [5, 5.41) is 0. The summed E-state index contributed by atoms with van der Waals surface area (Å²) in [5.74, 6) is -0.916. The lowest BCUT2D eigenvalue weighted by Crippen LogP contribution is -2.29. The Hall–Kier alpha value is -2.18. The van der Waals surface area contributed by atoms with Crippen LogP contribution in [0.15, 0.2) is 24.3 Å². The Balaban J connectivity index is 2.68. The minimum atomic E-state index is -2.95. The monoisotopic (exact) mass is 287 g/mol. The van der Waals surface area contributed by atoms with Gasteiger partial charge in [-0.15, -0.1) is 0 Å². The molecule has 0 spiro atoms. The first-order valence-electron chi connectivity index (χ1n) is 5.81. The van der Waals surface area contributed by atoms with Crippen molar-refractivity contribution in [2.45, 2.75) is 13.0 Å². The number of hydrogen-bond donors (Lipinski definition) is 0. The average molecular weight is 287 g/mol. The van der Waals surface area contributed by atoms with Crippen molar-refractivity contribution < 1.29 is 27.8 Å². The summed E-state index contributed by atoms with van der Waals surface area (Å²) in [6.45, 7) is -2.77. The van der Waals surface area contributed by atoms with Gasteiger partial charge < -0.3 is 14.4 Å². The second-order valence-electron chi connectivity index (χ2n) is 3.96. The van der Waals surface area contributed by atoms with E-state index in [2.05, 4.69) is 9.47 Å². The van der Waals surface area contributed by atoms with Crippen molar-refractivity contribution in [1.82, 2.24) is 4.90 Å². The van der Waals surface area contributed by atoms with Gasteiger partial charge in [0.1, 0.15) is 5.75 Å². The molecular formula is C13H15F2NO4. The third kappa shape index (κ3) is 4.83. The van der Waals surface area contributed by atoms with Crippen LogP contribution in [0.4, 0.5) is 8.78 Å². The molecule has 0 N–H and O–H groups in total. The zero-order valence-electron chi connectivity index (χ0n) is 11.1. The van der Waals surface area contributed by atoms with Gasteiger partial charge in [-0.25, -0.2) is 0 Å². The normalized spacial score (nSPS) is 10.2. The van der Waals surface area contributed by atoms with Crippen molar-refractivity contribution in [3.63, 3.8) is 0 Å². The molecule has 0 saturated heterocycles. The molecule has 1 aromatic carbocycles. The Morgan fingerprint density at radius 3 is 2.65 bits per heavy atom. The number of alkyl halides is 2. The van der Waals surface area contributed by atoms with E-state index in [4.69, 9.17) is 0 Å². The topological polar surface area (TPSA) is 55.8 Å². The highest BCUT2D eigenvalue weighted by atomic mass is 19.3. The van der Waals surface area contributed by atoms with Gasteiger partial charge in [-0.05, 0) is 18.2 Å². The molecular weight excluding hydrogens is 272 g/mol. The number of carbonyl (C=O) groups excluding carboxylic acids is 2. The average Bonchev–Trinajstić information content (AvgIpc) is 2.43. The zero-order valence-corrected chi connectivity index (χ0v) is 11.1. The van der Waals surface area contributed by atoms with Gasteiger partial charge in [0, 0.05) is 19.2 Å². The van der Waals surface area contributed by atoms with E-state index in [1.165, 1.54) is 43.3 Å². The lowest BCUT2D eigenvalue weighted by molar-refractivity contribution is -0.140. The van der Waals surface area contributed by atoms with Gasteiger partial charge in [0.05, 0.1) is 13.5 Å². The molecule has 0 unspecified atom stereocenters. The second kappa shape index (κ2) is 7.42. The van der Waals surface area contributed by atoms with Crippen LogP contribution in [0.3, 0.4) is 0 Å². The van der Waals surface area contributed by atoms with Gasteiger partial charge in [0.25, 0.3) is 5.91 Å². The van der Waals surface area contributed by atoms with E-state index in [9.17, 15) is 18.4 Å². The number of halogens is 2. The van der Waals surface area contributed by atoms with Gasteiger partial charge in [0.2, 0.25) is 0 Å². The van der Waals surface area contributed by atoms with E-state index in [1.54, 1.807) is 0 Å². The largest absolute Gasteiger partial charge is 0.469 e. The summed E-state index contributed by atoms with van der Waals surface area (Å²) in [5.41, 5.74) is 0.204. The number of amides is 1. The second-order valence-corrected chi connectivity index (χ2v) is 3.96. The molecule has 0 bridgehead atoms. The number of carbonyl (C=O) groups is 2. The first-order valence-corrected chi connectivity index (χ1v) is 5.81. The van der Waals surface area contributed by atoms with Crippen molar-refractivity contribution in [1.29, 1.82) is 0 Å². The predicted octanol–water partition coefficient (Wildman–Crippen LogP) is 1.92. The Labute approximate surface area is 115 Å². The summed E-state index contributed by atoms with van der Waals surface area (Å²) in [6, 6.07) is 5.48. The van der Waals surface area contributed by atoms with Crippen molar-refractivity contribution in [2.75, 3.05) is 20.7 Å². The molecule has 0 aliphatic heterocycles. The Kier molecular flexibility index (Phi) is 5.89.